The number of carbonyl (C=O) groups excluding carboxylic acids is 1. The van der Waals surface area contributed by atoms with E-state index in [0.29, 0.717) is 21.5 Å². The van der Waals surface area contributed by atoms with Crippen LogP contribution in [0.5, 0.6) is 0 Å². The maximum absolute atomic E-state index is 11.8. The summed E-state index contributed by atoms with van der Waals surface area (Å²) in [7, 11) is -3.85. The zero-order chi connectivity index (χ0) is 17.7. The van der Waals surface area contributed by atoms with Crippen molar-refractivity contribution in [1.29, 1.82) is 0 Å². The molecule has 24 heavy (non-hydrogen) atoms. The molecule has 0 unspecified atom stereocenters. The van der Waals surface area contributed by atoms with Gasteiger partial charge in [-0.3, -0.25) is 4.79 Å². The van der Waals surface area contributed by atoms with Crippen molar-refractivity contribution in [2.75, 3.05) is 10.6 Å². The lowest BCUT2D eigenvalue weighted by molar-refractivity contribution is -0.117. The first kappa shape index (κ1) is 18.2. The van der Waals surface area contributed by atoms with E-state index in [9.17, 15) is 13.2 Å². The largest absolute Gasteiger partial charge is 0.332 e. The quantitative estimate of drug-likeness (QED) is 0.703. The lowest BCUT2D eigenvalue weighted by Gasteiger charge is -2.12. The fourth-order valence-corrected chi connectivity index (χ4v) is 3.21. The summed E-state index contributed by atoms with van der Waals surface area (Å²) in [5.41, 5.74) is 1.24. The first-order chi connectivity index (χ1) is 11.3. The van der Waals surface area contributed by atoms with E-state index < -0.39 is 15.9 Å². The van der Waals surface area contributed by atoms with Crippen molar-refractivity contribution in [2.24, 2.45) is 0 Å². The van der Waals surface area contributed by atoms with Gasteiger partial charge < -0.3 is 10.6 Å². The van der Waals surface area contributed by atoms with Crippen molar-refractivity contribution in [2.45, 2.75) is 11.8 Å². The minimum Gasteiger partial charge on any atom is -0.332 e. The number of para-hydroxylation sites is 1. The standard InChI is InChI=1S/C15H14ClN3O3S2/c1-10(20)19-24(21,22)12-8-6-11(7-9-12)17-15(23)18-14-5-3-2-4-13(14)16/h2-9H,1H3,(H,19,20)(H2,17,18,23). The van der Waals surface area contributed by atoms with Crippen LogP contribution in [0.3, 0.4) is 0 Å². The van der Waals surface area contributed by atoms with Crippen LogP contribution < -0.4 is 15.4 Å². The van der Waals surface area contributed by atoms with E-state index in [-0.39, 0.29) is 4.90 Å². The second-order valence-electron chi connectivity index (χ2n) is 4.75. The molecule has 1 amide bonds. The molecule has 9 heteroatoms. The number of thiocarbonyl (C=S) groups is 1. The Kier molecular flexibility index (Phi) is 5.76. The molecule has 6 nitrogen and oxygen atoms in total. The Morgan fingerprint density at radius 3 is 2.25 bits per heavy atom. The highest BCUT2D eigenvalue weighted by molar-refractivity contribution is 7.90. The van der Waals surface area contributed by atoms with Crippen molar-refractivity contribution in [3.8, 4) is 0 Å². The van der Waals surface area contributed by atoms with Gasteiger partial charge in [-0.2, -0.15) is 0 Å². The lowest BCUT2D eigenvalue weighted by Crippen LogP contribution is -2.28. The first-order valence-corrected chi connectivity index (χ1v) is 9.01. The number of benzene rings is 2. The van der Waals surface area contributed by atoms with E-state index in [1.807, 2.05) is 10.8 Å². The Morgan fingerprint density at radius 2 is 1.67 bits per heavy atom. The van der Waals surface area contributed by atoms with E-state index in [1.165, 1.54) is 24.3 Å². The molecule has 3 N–H and O–H groups in total. The minimum atomic E-state index is -3.85. The van der Waals surface area contributed by atoms with Gasteiger partial charge in [0.15, 0.2) is 5.11 Å². The van der Waals surface area contributed by atoms with Crippen LogP contribution in [-0.4, -0.2) is 19.4 Å². The summed E-state index contributed by atoms with van der Waals surface area (Å²) in [4.78, 5) is 10.9. The highest BCUT2D eigenvalue weighted by atomic mass is 35.5. The van der Waals surface area contributed by atoms with E-state index in [1.54, 1.807) is 18.2 Å². The van der Waals surface area contributed by atoms with Crippen molar-refractivity contribution < 1.29 is 13.2 Å². The van der Waals surface area contributed by atoms with Crippen LogP contribution in [0.4, 0.5) is 11.4 Å². The van der Waals surface area contributed by atoms with Crippen molar-refractivity contribution in [3.05, 3.63) is 53.6 Å². The summed E-state index contributed by atoms with van der Waals surface area (Å²) in [6, 6.07) is 12.9. The molecule has 0 fully saturated rings. The third kappa shape index (κ3) is 4.92. The van der Waals surface area contributed by atoms with Gasteiger partial charge >= 0.3 is 0 Å². The van der Waals surface area contributed by atoms with Gasteiger partial charge in [-0.25, -0.2) is 13.1 Å². The van der Waals surface area contributed by atoms with Crippen LogP contribution in [0, 0.1) is 0 Å². The molecular formula is C15H14ClN3O3S2. The zero-order valence-corrected chi connectivity index (χ0v) is 14.9. The van der Waals surface area contributed by atoms with Gasteiger partial charge in [0.05, 0.1) is 15.6 Å². The summed E-state index contributed by atoms with van der Waals surface area (Å²) in [6.45, 7) is 1.13. The van der Waals surface area contributed by atoms with Gasteiger partial charge in [0.1, 0.15) is 0 Å². The molecule has 0 atom stereocenters. The van der Waals surface area contributed by atoms with Gasteiger partial charge in [-0.15, -0.1) is 0 Å². The molecule has 2 aromatic carbocycles. The molecule has 0 heterocycles. The molecule has 0 radical (unpaired) electrons. The summed E-state index contributed by atoms with van der Waals surface area (Å²) in [5, 5.41) is 6.69. The van der Waals surface area contributed by atoms with Crippen LogP contribution in [-0.2, 0) is 14.8 Å². The smallest absolute Gasteiger partial charge is 0.264 e. The number of anilines is 2. The number of sulfonamides is 1. The van der Waals surface area contributed by atoms with Crippen molar-refractivity contribution in [1.82, 2.24) is 4.72 Å². The van der Waals surface area contributed by atoms with E-state index >= 15 is 0 Å². The third-order valence-electron chi connectivity index (χ3n) is 2.82. The van der Waals surface area contributed by atoms with Crippen molar-refractivity contribution >= 4 is 56.2 Å². The lowest BCUT2D eigenvalue weighted by atomic mass is 10.3. The number of rotatable bonds is 4. The van der Waals surface area contributed by atoms with E-state index in [2.05, 4.69) is 10.6 Å². The van der Waals surface area contributed by atoms with Crippen LogP contribution in [0.15, 0.2) is 53.4 Å². The summed E-state index contributed by atoms with van der Waals surface area (Å²) in [5.74, 6) is -0.651. The molecule has 126 valence electrons. The highest BCUT2D eigenvalue weighted by Crippen LogP contribution is 2.21. The number of carbonyl (C=O) groups is 1. The highest BCUT2D eigenvalue weighted by Gasteiger charge is 2.15. The molecule has 2 aromatic rings. The minimum absolute atomic E-state index is 0.0202. The van der Waals surface area contributed by atoms with Gasteiger partial charge in [-0.05, 0) is 48.6 Å². The van der Waals surface area contributed by atoms with Crippen LogP contribution in [0.1, 0.15) is 6.92 Å². The molecule has 0 saturated carbocycles. The molecule has 2 rings (SSSR count). The number of halogens is 1. The molecule has 0 aliphatic heterocycles. The Hall–Kier alpha value is -2.16. The van der Waals surface area contributed by atoms with E-state index in [4.69, 9.17) is 23.8 Å². The topological polar surface area (TPSA) is 87.3 Å². The molecular weight excluding hydrogens is 370 g/mol. The Balaban J connectivity index is 2.05. The molecule has 0 aromatic heterocycles. The average Bonchev–Trinajstić information content (AvgIpc) is 2.49. The van der Waals surface area contributed by atoms with Gasteiger partial charge in [0.2, 0.25) is 5.91 Å². The number of nitrogens with one attached hydrogen (secondary N) is 3. The van der Waals surface area contributed by atoms with Crippen LogP contribution in [0.25, 0.3) is 0 Å². The molecule has 0 aliphatic carbocycles. The van der Waals surface area contributed by atoms with Crippen molar-refractivity contribution in [3.63, 3.8) is 0 Å². The predicted molar refractivity (Wildman–Crippen MR) is 98.7 cm³/mol. The number of hydrogen-bond donors (Lipinski definition) is 3. The molecule has 0 saturated heterocycles. The van der Waals surface area contributed by atoms with Crippen LogP contribution in [0.2, 0.25) is 5.02 Å². The zero-order valence-electron chi connectivity index (χ0n) is 12.5. The van der Waals surface area contributed by atoms with Gasteiger partial charge in [0.25, 0.3) is 10.0 Å². The second kappa shape index (κ2) is 7.61. The van der Waals surface area contributed by atoms with Crippen LogP contribution >= 0.6 is 23.8 Å². The summed E-state index contributed by atoms with van der Waals surface area (Å²) in [6.07, 6.45) is 0. The molecule has 0 spiro atoms. The Bertz CT molecular complexity index is 868. The third-order valence-corrected chi connectivity index (χ3v) is 4.81. The Morgan fingerprint density at radius 1 is 1.04 bits per heavy atom. The normalized spacial score (nSPS) is 10.8. The SMILES string of the molecule is CC(=O)NS(=O)(=O)c1ccc(NC(=S)Nc2ccccc2Cl)cc1. The Labute approximate surface area is 150 Å². The average molecular weight is 384 g/mol. The van der Waals surface area contributed by atoms with Gasteiger partial charge in [-0.1, -0.05) is 23.7 Å². The number of amides is 1. The monoisotopic (exact) mass is 383 g/mol. The summed E-state index contributed by atoms with van der Waals surface area (Å²) < 4.78 is 25.6. The number of hydrogen-bond acceptors (Lipinski definition) is 4. The molecule has 0 aliphatic rings. The van der Waals surface area contributed by atoms with Gasteiger partial charge in [0, 0.05) is 12.6 Å². The summed E-state index contributed by atoms with van der Waals surface area (Å²) >= 11 is 11.2. The molecule has 0 bridgehead atoms. The predicted octanol–water partition coefficient (Wildman–Crippen LogP) is 2.97. The van der Waals surface area contributed by atoms with E-state index in [0.717, 1.165) is 6.92 Å². The fourth-order valence-electron chi connectivity index (χ4n) is 1.81. The first-order valence-electron chi connectivity index (χ1n) is 6.74. The second-order valence-corrected chi connectivity index (χ2v) is 7.24. The fraction of sp³-hybridized carbons (Fsp3) is 0.0667. The maximum atomic E-state index is 11.8. The maximum Gasteiger partial charge on any atom is 0.264 e.